The highest BCUT2D eigenvalue weighted by molar-refractivity contribution is 5.96. The van der Waals surface area contributed by atoms with Crippen LogP contribution in [0.25, 0.3) is 0 Å². The third kappa shape index (κ3) is 6.27. The van der Waals surface area contributed by atoms with Crippen LogP contribution in [0, 0.1) is 5.92 Å². The molecule has 0 heterocycles. The lowest BCUT2D eigenvalue weighted by molar-refractivity contribution is -0.117. The molecule has 0 unspecified atom stereocenters. The molecule has 0 bridgehead atoms. The molecule has 27 heavy (non-hydrogen) atoms. The molecule has 2 aliphatic rings. The highest BCUT2D eigenvalue weighted by Gasteiger charge is 2.29. The van der Waals surface area contributed by atoms with Gasteiger partial charge in [-0.25, -0.2) is 4.79 Å². The van der Waals surface area contributed by atoms with E-state index in [9.17, 15) is 14.4 Å². The van der Waals surface area contributed by atoms with E-state index in [1.165, 1.54) is 19.3 Å². The summed E-state index contributed by atoms with van der Waals surface area (Å²) in [7, 11) is 0. The third-order valence-corrected chi connectivity index (χ3v) is 5.00. The van der Waals surface area contributed by atoms with Gasteiger partial charge in [0.25, 0.3) is 5.91 Å². The number of rotatable bonds is 7. The van der Waals surface area contributed by atoms with Crippen LogP contribution in [-0.4, -0.2) is 37.0 Å². The lowest BCUT2D eigenvalue weighted by atomic mass is 9.96. The maximum atomic E-state index is 12.1. The van der Waals surface area contributed by atoms with Gasteiger partial charge in [0.05, 0.1) is 0 Å². The maximum Gasteiger partial charge on any atom is 0.315 e. The summed E-state index contributed by atoms with van der Waals surface area (Å²) in [5, 5.41) is 11.4. The quantitative estimate of drug-likeness (QED) is 0.553. The molecule has 0 aliphatic heterocycles. The molecule has 4 N–H and O–H groups in total. The number of hydrogen-bond donors (Lipinski definition) is 4. The number of nitrogens with one attached hydrogen (secondary N) is 4. The Morgan fingerprint density at radius 2 is 1.52 bits per heavy atom. The average molecular weight is 372 g/mol. The van der Waals surface area contributed by atoms with Gasteiger partial charge in [0.2, 0.25) is 5.91 Å². The van der Waals surface area contributed by atoms with Crippen molar-refractivity contribution in [1.82, 2.24) is 16.0 Å². The molecular formula is C20H28N4O3. The summed E-state index contributed by atoms with van der Waals surface area (Å²) in [5.74, 6) is -0.00914. The van der Waals surface area contributed by atoms with Crippen molar-refractivity contribution >= 4 is 23.5 Å². The molecule has 0 aromatic heterocycles. The number of hydrogen-bond acceptors (Lipinski definition) is 3. The van der Waals surface area contributed by atoms with E-state index in [1.54, 1.807) is 24.3 Å². The number of urea groups is 1. The molecular weight excluding hydrogens is 344 g/mol. The normalized spacial score (nSPS) is 17.0. The van der Waals surface area contributed by atoms with Crippen LogP contribution in [0.5, 0.6) is 0 Å². The van der Waals surface area contributed by atoms with Crippen molar-refractivity contribution in [1.29, 1.82) is 0 Å². The first-order chi connectivity index (χ1) is 13.1. The first-order valence-electron chi connectivity index (χ1n) is 9.85. The Hall–Kier alpha value is -2.57. The van der Waals surface area contributed by atoms with Gasteiger partial charge in [-0.1, -0.05) is 19.3 Å². The summed E-state index contributed by atoms with van der Waals surface area (Å²) in [4.78, 5) is 35.7. The number of carbonyl (C=O) groups excluding carboxylic acids is 3. The third-order valence-electron chi connectivity index (χ3n) is 5.00. The van der Waals surface area contributed by atoms with Crippen molar-refractivity contribution in [3.05, 3.63) is 29.8 Å². The molecule has 1 aromatic rings. The molecule has 7 nitrogen and oxygen atoms in total. The highest BCUT2D eigenvalue weighted by atomic mass is 16.2. The van der Waals surface area contributed by atoms with Crippen LogP contribution in [0.15, 0.2) is 24.3 Å². The summed E-state index contributed by atoms with van der Waals surface area (Å²) < 4.78 is 0. The van der Waals surface area contributed by atoms with E-state index in [4.69, 9.17) is 0 Å². The Kier molecular flexibility index (Phi) is 6.68. The Balaban J connectivity index is 1.32. The molecule has 3 rings (SSSR count). The molecule has 2 fully saturated rings. The van der Waals surface area contributed by atoms with Gasteiger partial charge in [0, 0.05) is 36.3 Å². The zero-order valence-electron chi connectivity index (χ0n) is 15.6. The second kappa shape index (κ2) is 9.39. The minimum Gasteiger partial charge on any atom is -0.350 e. The standard InChI is InChI=1S/C20H28N4O3/c25-18(14-8-10-17(11-9-14)23-19(26)15-6-7-15)21-12-13-22-20(27)24-16-4-2-1-3-5-16/h8-11,15-16H,1-7,12-13H2,(H,21,25)(H,23,26)(H2,22,24,27). The van der Waals surface area contributed by atoms with Gasteiger partial charge in [0.15, 0.2) is 0 Å². The molecule has 0 saturated heterocycles. The molecule has 0 radical (unpaired) electrons. The SMILES string of the molecule is O=C(NCCNC(=O)c1ccc(NC(=O)C2CC2)cc1)NC1CCCCC1. The van der Waals surface area contributed by atoms with Crippen LogP contribution in [-0.2, 0) is 4.79 Å². The van der Waals surface area contributed by atoms with Gasteiger partial charge in [-0.15, -0.1) is 0 Å². The van der Waals surface area contributed by atoms with E-state index in [0.717, 1.165) is 25.7 Å². The Bertz CT molecular complexity index is 664. The Morgan fingerprint density at radius 1 is 0.852 bits per heavy atom. The van der Waals surface area contributed by atoms with Crippen LogP contribution in [0.4, 0.5) is 10.5 Å². The monoisotopic (exact) mass is 372 g/mol. The molecule has 146 valence electrons. The molecule has 0 atom stereocenters. The van der Waals surface area contributed by atoms with E-state index in [2.05, 4.69) is 21.3 Å². The van der Waals surface area contributed by atoms with Crippen molar-refractivity contribution < 1.29 is 14.4 Å². The van der Waals surface area contributed by atoms with Crippen LogP contribution < -0.4 is 21.3 Å². The number of amides is 4. The summed E-state index contributed by atoms with van der Waals surface area (Å²) in [6, 6.07) is 6.91. The molecule has 7 heteroatoms. The second-order valence-corrected chi connectivity index (χ2v) is 7.33. The van der Waals surface area contributed by atoms with Gasteiger partial charge < -0.3 is 21.3 Å². The van der Waals surface area contributed by atoms with E-state index in [0.29, 0.717) is 24.3 Å². The Morgan fingerprint density at radius 3 is 2.19 bits per heavy atom. The first kappa shape index (κ1) is 19.2. The van der Waals surface area contributed by atoms with Crippen molar-refractivity contribution in [3.8, 4) is 0 Å². The zero-order chi connectivity index (χ0) is 19.1. The van der Waals surface area contributed by atoms with Gasteiger partial charge >= 0.3 is 6.03 Å². The minimum absolute atomic E-state index is 0.0461. The van der Waals surface area contributed by atoms with Crippen molar-refractivity contribution in [2.45, 2.75) is 51.0 Å². The minimum atomic E-state index is -0.204. The fourth-order valence-electron chi connectivity index (χ4n) is 3.23. The van der Waals surface area contributed by atoms with Crippen LogP contribution >= 0.6 is 0 Å². The number of carbonyl (C=O) groups is 3. The van der Waals surface area contributed by atoms with E-state index in [1.807, 2.05) is 0 Å². The lowest BCUT2D eigenvalue weighted by Crippen LogP contribution is -2.45. The van der Waals surface area contributed by atoms with Crippen LogP contribution in [0.2, 0.25) is 0 Å². The predicted molar refractivity (Wildman–Crippen MR) is 104 cm³/mol. The van der Waals surface area contributed by atoms with E-state index >= 15 is 0 Å². The second-order valence-electron chi connectivity index (χ2n) is 7.33. The van der Waals surface area contributed by atoms with Crippen molar-refractivity contribution in [2.75, 3.05) is 18.4 Å². The zero-order valence-corrected chi connectivity index (χ0v) is 15.6. The fourth-order valence-corrected chi connectivity index (χ4v) is 3.23. The summed E-state index contributed by atoms with van der Waals surface area (Å²) >= 11 is 0. The molecule has 2 saturated carbocycles. The van der Waals surface area contributed by atoms with E-state index in [-0.39, 0.29) is 29.8 Å². The maximum absolute atomic E-state index is 12.1. The highest BCUT2D eigenvalue weighted by Crippen LogP contribution is 2.30. The molecule has 4 amide bonds. The van der Waals surface area contributed by atoms with Crippen LogP contribution in [0.1, 0.15) is 55.3 Å². The van der Waals surface area contributed by atoms with Gasteiger partial charge in [0.1, 0.15) is 0 Å². The predicted octanol–water partition coefficient (Wildman–Crippen LogP) is 2.40. The summed E-state index contributed by atoms with van der Waals surface area (Å²) in [6.45, 7) is 0.733. The largest absolute Gasteiger partial charge is 0.350 e. The topological polar surface area (TPSA) is 99.3 Å². The average Bonchev–Trinajstić information content (AvgIpc) is 3.52. The van der Waals surface area contributed by atoms with Crippen molar-refractivity contribution in [3.63, 3.8) is 0 Å². The fraction of sp³-hybridized carbons (Fsp3) is 0.550. The Labute approximate surface area is 159 Å². The molecule has 0 spiro atoms. The molecule has 2 aliphatic carbocycles. The van der Waals surface area contributed by atoms with Gasteiger partial charge in [-0.05, 0) is 49.9 Å². The summed E-state index contributed by atoms with van der Waals surface area (Å²) in [5.41, 5.74) is 1.22. The lowest BCUT2D eigenvalue weighted by Gasteiger charge is -2.22. The number of anilines is 1. The van der Waals surface area contributed by atoms with E-state index < -0.39 is 0 Å². The van der Waals surface area contributed by atoms with Gasteiger partial charge in [-0.3, -0.25) is 9.59 Å². The van der Waals surface area contributed by atoms with Gasteiger partial charge in [-0.2, -0.15) is 0 Å². The molecule has 1 aromatic carbocycles. The summed E-state index contributed by atoms with van der Waals surface area (Å²) in [6.07, 6.45) is 7.59. The first-order valence-corrected chi connectivity index (χ1v) is 9.85. The van der Waals surface area contributed by atoms with Crippen molar-refractivity contribution in [2.24, 2.45) is 5.92 Å². The smallest absolute Gasteiger partial charge is 0.315 e. The number of benzene rings is 1. The van der Waals surface area contributed by atoms with Crippen LogP contribution in [0.3, 0.4) is 0 Å².